The first-order valence-electron chi connectivity index (χ1n) is 7.45. The summed E-state index contributed by atoms with van der Waals surface area (Å²) in [7, 11) is 0. The molecule has 1 aromatic carbocycles. The molecule has 0 saturated carbocycles. The molecular weight excluding hydrogens is 355 g/mol. The van der Waals surface area contributed by atoms with Crippen molar-refractivity contribution in [2.24, 2.45) is 0 Å². The predicted molar refractivity (Wildman–Crippen MR) is 90.6 cm³/mol. The summed E-state index contributed by atoms with van der Waals surface area (Å²) in [6.07, 6.45) is 0. The molecule has 5 heteroatoms. The quantitative estimate of drug-likeness (QED) is 0.561. The number of aromatic nitrogens is 2. The zero-order chi connectivity index (χ0) is 15.8. The van der Waals surface area contributed by atoms with Crippen LogP contribution in [0.2, 0.25) is 0 Å². The van der Waals surface area contributed by atoms with Crippen molar-refractivity contribution in [1.29, 1.82) is 0 Å². The maximum absolute atomic E-state index is 9.21. The number of aryl methyl sites for hydroxylation is 1. The molecule has 0 atom stereocenters. The zero-order valence-electron chi connectivity index (χ0n) is 12.7. The summed E-state index contributed by atoms with van der Waals surface area (Å²) in [6.45, 7) is 2.82. The molecule has 4 nitrogen and oxygen atoms in total. The molecule has 0 aliphatic carbocycles. The van der Waals surface area contributed by atoms with Gasteiger partial charge in [0.2, 0.25) is 0 Å². The summed E-state index contributed by atoms with van der Waals surface area (Å²) < 4.78 is 10.4. The van der Waals surface area contributed by atoms with Crippen LogP contribution >= 0.6 is 0 Å². The summed E-state index contributed by atoms with van der Waals surface area (Å²) in [6, 6.07) is 16.3. The number of furan rings is 1. The van der Waals surface area contributed by atoms with E-state index in [4.69, 9.17) is 9.52 Å². The fourth-order valence-corrected chi connectivity index (χ4v) is 4.81. The van der Waals surface area contributed by atoms with Gasteiger partial charge in [-0.3, -0.25) is 0 Å². The van der Waals surface area contributed by atoms with Crippen LogP contribution in [0.15, 0.2) is 52.9 Å². The molecule has 116 valence electrons. The minimum atomic E-state index is -0.0880. The second-order valence-electron chi connectivity index (χ2n) is 5.49. The number of aliphatic hydroxyl groups is 1. The van der Waals surface area contributed by atoms with E-state index < -0.39 is 0 Å². The van der Waals surface area contributed by atoms with E-state index in [1.54, 1.807) is 6.07 Å². The SMILES string of the molecule is Cc1cc2c([se]1)c(-c1ccc(CO)o1)nn2Cc1ccccc1. The first-order valence-corrected chi connectivity index (χ1v) is 9.17. The number of hydrogen-bond acceptors (Lipinski definition) is 3. The van der Waals surface area contributed by atoms with Crippen molar-refractivity contribution in [2.75, 3.05) is 0 Å². The fraction of sp³-hybridized carbons (Fsp3) is 0.167. The standard InChI is InChI=1S/C18H16N2O2Se/c1-12-9-15-18(23-12)17(16-8-7-14(11-21)22-16)19-20(15)10-13-5-3-2-4-6-13/h2-9,21H,10-11H2,1H3. The van der Waals surface area contributed by atoms with Crippen molar-refractivity contribution in [3.05, 3.63) is 64.3 Å². The molecule has 0 amide bonds. The van der Waals surface area contributed by atoms with Gasteiger partial charge in [0.1, 0.15) is 0 Å². The van der Waals surface area contributed by atoms with Gasteiger partial charge in [0.05, 0.1) is 0 Å². The van der Waals surface area contributed by atoms with Gasteiger partial charge in [-0.25, -0.2) is 0 Å². The van der Waals surface area contributed by atoms with Gasteiger partial charge in [0, 0.05) is 0 Å². The molecule has 1 N–H and O–H groups in total. The molecule has 0 radical (unpaired) electrons. The molecule has 0 saturated heterocycles. The summed E-state index contributed by atoms with van der Waals surface area (Å²) in [5, 5.41) is 14.0. The van der Waals surface area contributed by atoms with Crippen molar-refractivity contribution in [3.63, 3.8) is 0 Å². The Kier molecular flexibility index (Phi) is 3.69. The van der Waals surface area contributed by atoms with Crippen molar-refractivity contribution in [3.8, 4) is 11.5 Å². The van der Waals surface area contributed by atoms with Gasteiger partial charge in [-0.05, 0) is 0 Å². The number of aliphatic hydroxyl groups excluding tert-OH is 1. The average Bonchev–Trinajstić information content (AvgIpc) is 3.24. The zero-order valence-corrected chi connectivity index (χ0v) is 14.4. The van der Waals surface area contributed by atoms with E-state index in [0.717, 1.165) is 18.0 Å². The summed E-state index contributed by atoms with van der Waals surface area (Å²) >= 11 is 0.284. The van der Waals surface area contributed by atoms with Gasteiger partial charge in [-0.15, -0.1) is 0 Å². The summed E-state index contributed by atoms with van der Waals surface area (Å²) in [4.78, 5) is 0. The van der Waals surface area contributed by atoms with Gasteiger partial charge in [0.15, 0.2) is 0 Å². The van der Waals surface area contributed by atoms with E-state index in [1.807, 2.05) is 24.3 Å². The van der Waals surface area contributed by atoms with Crippen molar-refractivity contribution in [2.45, 2.75) is 20.1 Å². The number of fused-ring (bicyclic) bond motifs is 1. The molecule has 4 rings (SSSR count). The molecule has 0 unspecified atom stereocenters. The van der Waals surface area contributed by atoms with Crippen LogP contribution < -0.4 is 0 Å². The third kappa shape index (κ3) is 2.68. The average molecular weight is 371 g/mol. The number of benzene rings is 1. The van der Waals surface area contributed by atoms with Gasteiger partial charge >= 0.3 is 139 Å². The molecule has 0 fully saturated rings. The van der Waals surface area contributed by atoms with Crippen LogP contribution in [0.5, 0.6) is 0 Å². The van der Waals surface area contributed by atoms with Gasteiger partial charge in [-0.2, -0.15) is 0 Å². The van der Waals surface area contributed by atoms with Crippen molar-refractivity contribution < 1.29 is 9.52 Å². The number of hydrogen-bond donors (Lipinski definition) is 1. The van der Waals surface area contributed by atoms with Crippen LogP contribution in [-0.4, -0.2) is 29.4 Å². The second kappa shape index (κ2) is 5.85. The van der Waals surface area contributed by atoms with Crippen LogP contribution in [0.4, 0.5) is 0 Å². The topological polar surface area (TPSA) is 51.2 Å². The van der Waals surface area contributed by atoms with Crippen LogP contribution in [0.1, 0.15) is 15.8 Å². The van der Waals surface area contributed by atoms with E-state index in [1.165, 1.54) is 19.8 Å². The number of nitrogens with zero attached hydrogens (tertiary/aromatic N) is 2. The van der Waals surface area contributed by atoms with Gasteiger partial charge in [-0.1, -0.05) is 0 Å². The van der Waals surface area contributed by atoms with E-state index in [-0.39, 0.29) is 21.1 Å². The van der Waals surface area contributed by atoms with E-state index in [2.05, 4.69) is 29.8 Å². The predicted octanol–water partition coefficient (Wildman–Crippen LogP) is 3.20. The fourth-order valence-electron chi connectivity index (χ4n) is 2.71. The normalized spacial score (nSPS) is 11.4. The Hall–Kier alpha value is -2.07. The molecular formula is C18H16N2O2Se. The third-order valence-corrected chi connectivity index (χ3v) is 5.97. The second-order valence-corrected chi connectivity index (χ2v) is 8.12. The first-order chi connectivity index (χ1) is 11.2. The first kappa shape index (κ1) is 14.5. The van der Waals surface area contributed by atoms with Crippen molar-refractivity contribution >= 4 is 24.3 Å². The molecule has 0 aliphatic rings. The van der Waals surface area contributed by atoms with E-state index in [9.17, 15) is 5.11 Å². The monoisotopic (exact) mass is 372 g/mol. The van der Waals surface area contributed by atoms with Crippen LogP contribution in [0.3, 0.4) is 0 Å². The van der Waals surface area contributed by atoms with Gasteiger partial charge < -0.3 is 0 Å². The molecule has 3 heterocycles. The van der Waals surface area contributed by atoms with Gasteiger partial charge in [0.25, 0.3) is 0 Å². The Bertz CT molecular complexity index is 950. The maximum atomic E-state index is 9.21. The minimum absolute atomic E-state index is 0.0880. The molecule has 0 spiro atoms. The van der Waals surface area contributed by atoms with E-state index >= 15 is 0 Å². The van der Waals surface area contributed by atoms with Crippen LogP contribution in [0.25, 0.3) is 21.2 Å². The Morgan fingerprint density at radius 3 is 2.74 bits per heavy atom. The summed E-state index contributed by atoms with van der Waals surface area (Å²) in [5.41, 5.74) is 3.32. The van der Waals surface area contributed by atoms with Crippen molar-refractivity contribution in [1.82, 2.24) is 9.78 Å². The molecule has 4 aromatic rings. The Balaban J connectivity index is 1.82. The Labute approximate surface area is 139 Å². The Morgan fingerprint density at radius 1 is 1.17 bits per heavy atom. The Morgan fingerprint density at radius 2 is 2.00 bits per heavy atom. The third-order valence-electron chi connectivity index (χ3n) is 3.78. The molecule has 3 aromatic heterocycles. The van der Waals surface area contributed by atoms with Crippen LogP contribution in [-0.2, 0) is 13.2 Å². The number of rotatable bonds is 4. The molecule has 23 heavy (non-hydrogen) atoms. The van der Waals surface area contributed by atoms with Crippen LogP contribution in [0, 0.1) is 6.92 Å². The molecule has 0 bridgehead atoms. The van der Waals surface area contributed by atoms with E-state index in [0.29, 0.717) is 5.76 Å². The summed E-state index contributed by atoms with van der Waals surface area (Å²) in [5.74, 6) is 1.31. The molecule has 0 aliphatic heterocycles.